The van der Waals surface area contributed by atoms with Gasteiger partial charge in [-0.25, -0.2) is 0 Å². The third kappa shape index (κ3) is 9.09. The maximum atomic E-state index is 10.7. The van der Waals surface area contributed by atoms with Crippen LogP contribution >= 0.6 is 0 Å². The van der Waals surface area contributed by atoms with Crippen LogP contribution < -0.4 is 0 Å². The van der Waals surface area contributed by atoms with Crippen molar-refractivity contribution in [2.24, 2.45) is 5.92 Å². The molecule has 0 amide bonds. The first kappa shape index (κ1) is 16.4. The zero-order chi connectivity index (χ0) is 13.3. The Morgan fingerprint density at radius 1 is 1.29 bits per heavy atom. The molecule has 0 aromatic carbocycles. The highest BCUT2D eigenvalue weighted by Gasteiger charge is 2.15. The van der Waals surface area contributed by atoms with Gasteiger partial charge >= 0.3 is 5.97 Å². The number of aliphatic hydroxyl groups is 1. The van der Waals surface area contributed by atoms with E-state index in [2.05, 4.69) is 0 Å². The van der Waals surface area contributed by atoms with Crippen LogP contribution in [-0.4, -0.2) is 60.0 Å². The van der Waals surface area contributed by atoms with E-state index in [-0.39, 0.29) is 12.7 Å². The summed E-state index contributed by atoms with van der Waals surface area (Å²) >= 11 is 0. The highest BCUT2D eigenvalue weighted by atomic mass is 16.5. The fraction of sp³-hybridized carbons (Fsp3) is 0.917. The number of carboxylic acids is 1. The predicted octanol–water partition coefficient (Wildman–Crippen LogP) is 0.816. The molecule has 0 aliphatic heterocycles. The third-order valence-corrected chi connectivity index (χ3v) is 2.44. The molecule has 2 N–H and O–H groups in total. The second kappa shape index (κ2) is 9.39. The van der Waals surface area contributed by atoms with Gasteiger partial charge in [0.15, 0.2) is 0 Å². The number of ether oxygens (including phenoxy) is 1. The lowest BCUT2D eigenvalue weighted by molar-refractivity contribution is -0.141. The minimum atomic E-state index is -0.800. The lowest BCUT2D eigenvalue weighted by Crippen LogP contribution is -2.35. The van der Waals surface area contributed by atoms with E-state index in [1.165, 1.54) is 0 Å². The molecule has 0 aromatic heterocycles. The van der Waals surface area contributed by atoms with E-state index in [0.717, 1.165) is 13.0 Å². The Labute approximate surface area is 103 Å². The molecule has 5 nitrogen and oxygen atoms in total. The molecule has 0 heterocycles. The van der Waals surface area contributed by atoms with Crippen molar-refractivity contribution < 1.29 is 19.7 Å². The minimum absolute atomic E-state index is 0.0530. The average molecular weight is 247 g/mol. The van der Waals surface area contributed by atoms with Crippen LogP contribution in [0.4, 0.5) is 0 Å². The molecule has 0 aromatic rings. The van der Waals surface area contributed by atoms with E-state index >= 15 is 0 Å². The fourth-order valence-corrected chi connectivity index (χ4v) is 1.51. The van der Waals surface area contributed by atoms with Crippen molar-refractivity contribution in [3.8, 4) is 0 Å². The van der Waals surface area contributed by atoms with Crippen molar-refractivity contribution in [2.45, 2.75) is 33.3 Å². The van der Waals surface area contributed by atoms with E-state index in [4.69, 9.17) is 14.9 Å². The number of hydrogen-bond donors (Lipinski definition) is 2. The normalized spacial score (nSPS) is 13.3. The lowest BCUT2D eigenvalue weighted by Gasteiger charge is -2.23. The maximum absolute atomic E-state index is 10.7. The lowest BCUT2D eigenvalue weighted by atomic mass is 10.1. The number of nitrogens with zero attached hydrogens (tertiary/aromatic N) is 1. The van der Waals surface area contributed by atoms with E-state index in [1.807, 2.05) is 18.7 Å². The van der Waals surface area contributed by atoms with Crippen LogP contribution in [0.2, 0.25) is 0 Å². The molecule has 0 saturated carbocycles. The van der Waals surface area contributed by atoms with Gasteiger partial charge in [-0.1, -0.05) is 6.92 Å². The van der Waals surface area contributed by atoms with Gasteiger partial charge in [0.1, 0.15) is 0 Å². The van der Waals surface area contributed by atoms with Gasteiger partial charge in [-0.15, -0.1) is 0 Å². The summed E-state index contributed by atoms with van der Waals surface area (Å²) in [4.78, 5) is 12.7. The van der Waals surface area contributed by atoms with Gasteiger partial charge in [0.25, 0.3) is 0 Å². The van der Waals surface area contributed by atoms with Crippen molar-refractivity contribution in [1.82, 2.24) is 4.90 Å². The zero-order valence-corrected chi connectivity index (χ0v) is 11.1. The zero-order valence-electron chi connectivity index (χ0n) is 11.1. The number of aliphatic carboxylic acids is 1. The molecule has 0 saturated heterocycles. The van der Waals surface area contributed by atoms with Crippen LogP contribution in [0.15, 0.2) is 0 Å². The van der Waals surface area contributed by atoms with Crippen LogP contribution in [0.1, 0.15) is 27.2 Å². The maximum Gasteiger partial charge on any atom is 0.307 e. The molecule has 5 heteroatoms. The van der Waals surface area contributed by atoms with Gasteiger partial charge in [-0.05, 0) is 20.3 Å². The molecule has 102 valence electrons. The molecule has 1 unspecified atom stereocenters. The van der Waals surface area contributed by atoms with Gasteiger partial charge in [0, 0.05) is 26.2 Å². The third-order valence-electron chi connectivity index (χ3n) is 2.44. The summed E-state index contributed by atoms with van der Waals surface area (Å²) in [5, 5.41) is 17.7. The second-order valence-corrected chi connectivity index (χ2v) is 4.54. The number of carbonyl (C=O) groups is 1. The molecule has 0 radical (unpaired) electrons. The van der Waals surface area contributed by atoms with Gasteiger partial charge in [0.05, 0.1) is 18.6 Å². The summed E-state index contributed by atoms with van der Waals surface area (Å²) in [6, 6.07) is 0. The molecular weight excluding hydrogens is 222 g/mol. The summed E-state index contributed by atoms with van der Waals surface area (Å²) in [5.74, 6) is -1.21. The average Bonchev–Trinajstić information content (AvgIpc) is 2.23. The van der Waals surface area contributed by atoms with Gasteiger partial charge in [0.2, 0.25) is 0 Å². The standard InChI is InChI=1S/C12H25NO4/c1-10(2)17-8-4-5-13(6-7-14)9-11(3)12(15)16/h10-11,14H,4-9H2,1-3H3,(H,15,16). The minimum Gasteiger partial charge on any atom is -0.481 e. The molecule has 1 atom stereocenters. The largest absolute Gasteiger partial charge is 0.481 e. The summed E-state index contributed by atoms with van der Waals surface area (Å²) < 4.78 is 5.42. The molecule has 0 aliphatic carbocycles. The van der Waals surface area contributed by atoms with E-state index < -0.39 is 11.9 Å². The first-order chi connectivity index (χ1) is 7.97. The van der Waals surface area contributed by atoms with Crippen molar-refractivity contribution in [2.75, 3.05) is 32.8 Å². The number of carboxylic acid groups (broad SMARTS) is 1. The van der Waals surface area contributed by atoms with E-state index in [1.54, 1.807) is 6.92 Å². The number of hydrogen-bond acceptors (Lipinski definition) is 4. The van der Waals surface area contributed by atoms with Crippen molar-refractivity contribution in [1.29, 1.82) is 0 Å². The van der Waals surface area contributed by atoms with Gasteiger partial charge in [-0.3, -0.25) is 4.79 Å². The fourth-order valence-electron chi connectivity index (χ4n) is 1.51. The van der Waals surface area contributed by atoms with Crippen LogP contribution in [0.3, 0.4) is 0 Å². The van der Waals surface area contributed by atoms with Crippen molar-refractivity contribution in [3.05, 3.63) is 0 Å². The molecule has 0 bridgehead atoms. The Balaban J connectivity index is 3.85. The predicted molar refractivity (Wildman–Crippen MR) is 66.0 cm³/mol. The van der Waals surface area contributed by atoms with E-state index in [9.17, 15) is 4.79 Å². The molecular formula is C12H25NO4. The van der Waals surface area contributed by atoms with Crippen LogP contribution in [0.25, 0.3) is 0 Å². The topological polar surface area (TPSA) is 70.0 Å². The summed E-state index contributed by atoms with van der Waals surface area (Å²) in [7, 11) is 0. The Morgan fingerprint density at radius 2 is 1.94 bits per heavy atom. The second-order valence-electron chi connectivity index (χ2n) is 4.54. The number of aliphatic hydroxyl groups excluding tert-OH is 1. The molecule has 0 spiro atoms. The van der Waals surface area contributed by atoms with Crippen LogP contribution in [0, 0.1) is 5.92 Å². The summed E-state index contributed by atoms with van der Waals surface area (Å²) in [5.41, 5.74) is 0. The molecule has 0 fully saturated rings. The first-order valence-electron chi connectivity index (χ1n) is 6.15. The SMILES string of the molecule is CC(C)OCCCN(CCO)CC(C)C(=O)O. The molecule has 0 rings (SSSR count). The van der Waals surface area contributed by atoms with E-state index in [0.29, 0.717) is 19.7 Å². The van der Waals surface area contributed by atoms with Gasteiger partial charge in [-0.2, -0.15) is 0 Å². The highest BCUT2D eigenvalue weighted by molar-refractivity contribution is 5.69. The Kier molecular flexibility index (Phi) is 9.03. The van der Waals surface area contributed by atoms with Gasteiger partial charge < -0.3 is 19.8 Å². The summed E-state index contributed by atoms with van der Waals surface area (Å²) in [6.45, 7) is 8.10. The molecule has 17 heavy (non-hydrogen) atoms. The monoisotopic (exact) mass is 247 g/mol. The van der Waals surface area contributed by atoms with Crippen molar-refractivity contribution >= 4 is 5.97 Å². The molecule has 0 aliphatic rings. The Hall–Kier alpha value is -0.650. The first-order valence-corrected chi connectivity index (χ1v) is 6.15. The summed E-state index contributed by atoms with van der Waals surface area (Å²) in [6.07, 6.45) is 1.07. The number of rotatable bonds is 10. The smallest absolute Gasteiger partial charge is 0.307 e. The Bertz CT molecular complexity index is 209. The highest BCUT2D eigenvalue weighted by Crippen LogP contribution is 2.02. The van der Waals surface area contributed by atoms with Crippen LogP contribution in [-0.2, 0) is 9.53 Å². The van der Waals surface area contributed by atoms with Crippen molar-refractivity contribution in [3.63, 3.8) is 0 Å². The Morgan fingerprint density at radius 3 is 2.41 bits per heavy atom. The quantitative estimate of drug-likeness (QED) is 0.559. The van der Waals surface area contributed by atoms with Crippen LogP contribution in [0.5, 0.6) is 0 Å².